The van der Waals surface area contributed by atoms with E-state index in [1.54, 1.807) is 0 Å². The molecule has 0 aromatic rings. The number of guanidine groups is 1. The second-order valence-corrected chi connectivity index (χ2v) is 5.81. The Balaban J connectivity index is 1.66. The summed E-state index contributed by atoms with van der Waals surface area (Å²) in [4.78, 5) is 4.31. The molecule has 3 rings (SSSR count). The molecule has 3 aliphatic rings. The monoisotopic (exact) mass is 207 g/mol. The van der Waals surface area contributed by atoms with Crippen molar-refractivity contribution in [3.05, 3.63) is 0 Å². The highest BCUT2D eigenvalue weighted by Gasteiger charge is 2.45. The van der Waals surface area contributed by atoms with Gasteiger partial charge in [0, 0.05) is 0 Å². The summed E-state index contributed by atoms with van der Waals surface area (Å²) < 4.78 is 0. The van der Waals surface area contributed by atoms with Gasteiger partial charge in [0.15, 0.2) is 5.96 Å². The van der Waals surface area contributed by atoms with Gasteiger partial charge in [-0.3, -0.25) is 4.99 Å². The minimum atomic E-state index is 0.248. The first-order valence-electron chi connectivity index (χ1n) is 6.30. The number of rotatable bonds is 0. The molecule has 0 bridgehead atoms. The second kappa shape index (κ2) is 3.13. The van der Waals surface area contributed by atoms with Gasteiger partial charge in [-0.15, -0.1) is 0 Å². The van der Waals surface area contributed by atoms with Gasteiger partial charge in [-0.1, -0.05) is 12.8 Å². The van der Waals surface area contributed by atoms with E-state index in [4.69, 9.17) is 5.73 Å². The van der Waals surface area contributed by atoms with Gasteiger partial charge in [-0.25, -0.2) is 0 Å². The largest absolute Gasteiger partial charge is 0.370 e. The van der Waals surface area contributed by atoms with Gasteiger partial charge in [0.2, 0.25) is 0 Å². The van der Waals surface area contributed by atoms with Crippen LogP contribution in [0.5, 0.6) is 0 Å². The maximum atomic E-state index is 5.72. The number of hydrogen-bond donors (Lipinski definition) is 2. The van der Waals surface area contributed by atoms with Crippen molar-refractivity contribution in [3.63, 3.8) is 0 Å². The quantitative estimate of drug-likeness (QED) is 0.636. The third-order valence-electron chi connectivity index (χ3n) is 4.88. The smallest absolute Gasteiger partial charge is 0.189 e. The maximum absolute atomic E-state index is 5.72. The van der Waals surface area contributed by atoms with Crippen molar-refractivity contribution < 1.29 is 0 Å². The number of nitrogens with one attached hydrogen (secondary N) is 1. The first kappa shape index (κ1) is 9.49. The summed E-state index contributed by atoms with van der Waals surface area (Å²) in [6.07, 6.45) is 11.2. The fourth-order valence-corrected chi connectivity index (χ4v) is 3.75. The van der Waals surface area contributed by atoms with Gasteiger partial charge >= 0.3 is 0 Å². The van der Waals surface area contributed by atoms with Crippen LogP contribution in [-0.2, 0) is 0 Å². The van der Waals surface area contributed by atoms with Crippen molar-refractivity contribution >= 4 is 5.96 Å². The fourth-order valence-electron chi connectivity index (χ4n) is 3.75. The number of nitrogens with zero attached hydrogens (tertiary/aromatic N) is 1. The molecule has 0 saturated heterocycles. The molecule has 0 aromatic heterocycles. The summed E-state index contributed by atoms with van der Waals surface area (Å²) >= 11 is 0. The molecule has 0 aromatic carbocycles. The van der Waals surface area contributed by atoms with Crippen LogP contribution in [-0.4, -0.2) is 18.0 Å². The van der Waals surface area contributed by atoms with Crippen LogP contribution in [0.25, 0.3) is 0 Å². The molecule has 2 spiro atoms. The number of hydrogen-bond acceptors (Lipinski definition) is 3. The van der Waals surface area contributed by atoms with Crippen molar-refractivity contribution in [3.8, 4) is 0 Å². The molecular weight excluding hydrogens is 186 g/mol. The molecule has 2 saturated carbocycles. The van der Waals surface area contributed by atoms with Gasteiger partial charge in [-0.2, -0.15) is 0 Å². The van der Waals surface area contributed by atoms with E-state index in [0.717, 1.165) is 6.54 Å². The fraction of sp³-hybridized carbons (Fsp3) is 0.917. The molecule has 0 atom stereocenters. The summed E-state index contributed by atoms with van der Waals surface area (Å²) in [6, 6.07) is 0. The van der Waals surface area contributed by atoms with Crippen LogP contribution < -0.4 is 11.1 Å². The lowest BCUT2D eigenvalue weighted by Gasteiger charge is -2.43. The normalized spacial score (nSPS) is 31.9. The van der Waals surface area contributed by atoms with Gasteiger partial charge in [-0.05, 0) is 43.9 Å². The van der Waals surface area contributed by atoms with Crippen molar-refractivity contribution in [1.82, 2.24) is 5.32 Å². The van der Waals surface area contributed by atoms with Crippen molar-refractivity contribution in [2.24, 2.45) is 16.1 Å². The van der Waals surface area contributed by atoms with E-state index >= 15 is 0 Å². The van der Waals surface area contributed by atoms with Crippen LogP contribution in [0.4, 0.5) is 0 Å². The van der Waals surface area contributed by atoms with E-state index in [0.29, 0.717) is 11.4 Å². The zero-order valence-corrected chi connectivity index (χ0v) is 9.39. The predicted octanol–water partition coefficient (Wildman–Crippen LogP) is 1.78. The second-order valence-electron chi connectivity index (χ2n) is 5.81. The van der Waals surface area contributed by atoms with E-state index in [1.807, 2.05) is 0 Å². The average Bonchev–Trinajstić information content (AvgIpc) is 2.81. The highest BCUT2D eigenvalue weighted by molar-refractivity contribution is 5.80. The molecule has 2 aliphatic carbocycles. The average molecular weight is 207 g/mol. The highest BCUT2D eigenvalue weighted by atomic mass is 15.2. The molecular formula is C12H21N3. The Morgan fingerprint density at radius 3 is 2.20 bits per heavy atom. The standard InChI is InChI=1S/C12H21N3/c13-10-14-9-12(15-10)7-5-11(6-8-12)3-1-2-4-11/h1-9H2,(H3,13,14,15). The topological polar surface area (TPSA) is 50.4 Å². The van der Waals surface area contributed by atoms with E-state index in [-0.39, 0.29) is 5.54 Å². The molecule has 15 heavy (non-hydrogen) atoms. The Morgan fingerprint density at radius 1 is 1.00 bits per heavy atom. The van der Waals surface area contributed by atoms with Crippen molar-refractivity contribution in [1.29, 1.82) is 0 Å². The van der Waals surface area contributed by atoms with Crippen LogP contribution in [0.2, 0.25) is 0 Å². The maximum Gasteiger partial charge on any atom is 0.189 e. The zero-order chi connectivity index (χ0) is 10.4. The molecule has 0 amide bonds. The molecule has 3 nitrogen and oxygen atoms in total. The van der Waals surface area contributed by atoms with Crippen LogP contribution in [0.3, 0.4) is 0 Å². The molecule has 1 heterocycles. The van der Waals surface area contributed by atoms with Crippen LogP contribution in [0.1, 0.15) is 51.4 Å². The van der Waals surface area contributed by atoms with Crippen LogP contribution >= 0.6 is 0 Å². The Hall–Kier alpha value is -0.730. The lowest BCUT2D eigenvalue weighted by molar-refractivity contribution is 0.132. The molecule has 0 unspecified atom stereocenters. The predicted molar refractivity (Wildman–Crippen MR) is 61.7 cm³/mol. The molecule has 2 fully saturated rings. The van der Waals surface area contributed by atoms with Crippen LogP contribution in [0, 0.1) is 5.41 Å². The third-order valence-corrected chi connectivity index (χ3v) is 4.88. The van der Waals surface area contributed by atoms with Crippen LogP contribution in [0.15, 0.2) is 4.99 Å². The van der Waals surface area contributed by atoms with Crippen molar-refractivity contribution in [2.45, 2.75) is 56.9 Å². The number of aliphatic imine (C=N–C) groups is 1. The van der Waals surface area contributed by atoms with E-state index in [1.165, 1.54) is 51.4 Å². The molecule has 84 valence electrons. The van der Waals surface area contributed by atoms with E-state index < -0.39 is 0 Å². The zero-order valence-electron chi connectivity index (χ0n) is 9.39. The lowest BCUT2D eigenvalue weighted by atomic mass is 9.66. The minimum absolute atomic E-state index is 0.248. The van der Waals surface area contributed by atoms with Gasteiger partial charge in [0.05, 0.1) is 12.1 Å². The van der Waals surface area contributed by atoms with Gasteiger partial charge < -0.3 is 11.1 Å². The SMILES string of the molecule is NC1=NCC2(CCC3(CCCC3)CC2)N1. The first-order valence-corrected chi connectivity index (χ1v) is 6.30. The van der Waals surface area contributed by atoms with E-state index in [9.17, 15) is 0 Å². The third kappa shape index (κ3) is 1.52. The number of nitrogens with two attached hydrogens (primary N) is 1. The summed E-state index contributed by atoms with van der Waals surface area (Å²) in [5.41, 5.74) is 6.68. The van der Waals surface area contributed by atoms with E-state index in [2.05, 4.69) is 10.3 Å². The molecule has 1 aliphatic heterocycles. The molecule has 3 heteroatoms. The Bertz CT molecular complexity index is 279. The molecule has 3 N–H and O–H groups in total. The van der Waals surface area contributed by atoms with Crippen molar-refractivity contribution in [2.75, 3.05) is 6.54 Å². The Kier molecular flexibility index (Phi) is 1.98. The summed E-state index contributed by atoms with van der Waals surface area (Å²) in [6.45, 7) is 0.912. The van der Waals surface area contributed by atoms with Gasteiger partial charge in [0.25, 0.3) is 0 Å². The first-order chi connectivity index (χ1) is 7.22. The molecule has 0 radical (unpaired) electrons. The minimum Gasteiger partial charge on any atom is -0.370 e. The summed E-state index contributed by atoms with van der Waals surface area (Å²) in [7, 11) is 0. The summed E-state index contributed by atoms with van der Waals surface area (Å²) in [5.74, 6) is 0.664. The lowest BCUT2D eigenvalue weighted by Crippen LogP contribution is -2.51. The summed E-state index contributed by atoms with van der Waals surface area (Å²) in [5, 5.41) is 3.40. The Labute approximate surface area is 91.5 Å². The van der Waals surface area contributed by atoms with Gasteiger partial charge in [0.1, 0.15) is 0 Å². The highest BCUT2D eigenvalue weighted by Crippen LogP contribution is 2.51. The Morgan fingerprint density at radius 2 is 1.67 bits per heavy atom.